The molecule has 1 aliphatic rings. The van der Waals surface area contributed by atoms with E-state index < -0.39 is 105 Å². The molecule has 5 rings (SSSR count). The third-order valence-electron chi connectivity index (χ3n) is 11.0. The number of benzene rings is 4. The number of hydrogen-bond donors (Lipinski definition) is 4. The van der Waals surface area contributed by atoms with Crippen LogP contribution in [0.3, 0.4) is 0 Å². The lowest BCUT2D eigenvalue weighted by molar-refractivity contribution is -0.394. The third-order valence-corrected chi connectivity index (χ3v) is 12.4. The van der Waals surface area contributed by atoms with E-state index in [1.807, 2.05) is 9.80 Å². The summed E-state index contributed by atoms with van der Waals surface area (Å²) in [6.45, 7) is 7.64. The van der Waals surface area contributed by atoms with Crippen molar-refractivity contribution in [3.8, 4) is 0 Å². The van der Waals surface area contributed by atoms with Crippen molar-refractivity contribution in [2.45, 2.75) is 13.8 Å². The van der Waals surface area contributed by atoms with Crippen LogP contribution in [0.25, 0.3) is 0 Å². The van der Waals surface area contributed by atoms with Gasteiger partial charge in [0.2, 0.25) is 0 Å². The number of primary amides is 4. The minimum atomic E-state index is -1.06. The van der Waals surface area contributed by atoms with E-state index in [-0.39, 0.29) is 64.3 Å². The van der Waals surface area contributed by atoms with Gasteiger partial charge in [0.1, 0.15) is 33.6 Å². The molecule has 0 atom stereocenters. The Kier molecular flexibility index (Phi) is 36.0. The Bertz CT molecular complexity index is 3120. The Balaban J connectivity index is 0.00000109. The molecule has 0 bridgehead atoms. The van der Waals surface area contributed by atoms with Crippen LogP contribution in [0.5, 0.6) is 0 Å². The number of carbonyl (C=O) groups is 4. The van der Waals surface area contributed by atoms with Crippen LogP contribution in [0.4, 0.5) is 56.9 Å². The van der Waals surface area contributed by atoms with Gasteiger partial charge in [-0.2, -0.15) is 16.8 Å². The summed E-state index contributed by atoms with van der Waals surface area (Å²) >= 11 is 28.0. The molecular weight excluding hydrogens is 1410 g/mol. The molecule has 8 N–H and O–H groups in total. The van der Waals surface area contributed by atoms with Crippen LogP contribution in [-0.4, -0.2) is 157 Å². The highest BCUT2D eigenvalue weighted by Gasteiger charge is 2.34. The number of halogens is 6. The quantitative estimate of drug-likeness (QED) is 0.0248. The first-order chi connectivity index (χ1) is 40.4. The van der Waals surface area contributed by atoms with Crippen molar-refractivity contribution in [2.24, 2.45) is 22.9 Å². The maximum atomic E-state index is 11.4. The Morgan fingerprint density at radius 2 is 0.686 bits per heavy atom. The number of nitrogens with two attached hydrogens (primary N) is 4. The van der Waals surface area contributed by atoms with Gasteiger partial charge in [0.15, 0.2) is 0 Å². The summed E-state index contributed by atoms with van der Waals surface area (Å²) < 4.78 is 33.2. The van der Waals surface area contributed by atoms with Gasteiger partial charge in [-0.25, -0.2) is 0 Å². The van der Waals surface area contributed by atoms with Gasteiger partial charge >= 0.3 is 23.1 Å². The smallest absolute Gasteiger partial charge is 0.335 e. The fourth-order valence-electron chi connectivity index (χ4n) is 7.33. The van der Waals surface area contributed by atoms with Crippen LogP contribution < -0.4 is 42.5 Å². The lowest BCUT2D eigenvalue weighted by atomic mass is 10.1. The molecular formula is C44H50Br2Cl4N14O20S2. The zero-order valence-electron chi connectivity index (χ0n) is 44.5. The summed E-state index contributed by atoms with van der Waals surface area (Å²) in [5, 5.41) is 67.2. The molecule has 0 aromatic heterocycles. The van der Waals surface area contributed by atoms with E-state index in [4.69, 9.17) is 86.2 Å². The van der Waals surface area contributed by atoms with Crippen LogP contribution in [0.1, 0.15) is 52.6 Å². The normalized spacial score (nSPS) is 10.5. The Morgan fingerprint density at radius 1 is 0.442 bits per heavy atom. The molecule has 1 heterocycles. The van der Waals surface area contributed by atoms with Crippen molar-refractivity contribution in [1.82, 2.24) is 0 Å². The van der Waals surface area contributed by atoms with Crippen molar-refractivity contribution in [3.63, 3.8) is 0 Å². The van der Waals surface area contributed by atoms with Crippen molar-refractivity contribution >= 4 is 182 Å². The second-order valence-corrected chi connectivity index (χ2v) is 19.6. The second kappa shape index (κ2) is 39.7. The van der Waals surface area contributed by atoms with Gasteiger partial charge in [0.05, 0.1) is 41.7 Å². The largest absolute Gasteiger partial charge is 0.370 e. The van der Waals surface area contributed by atoms with Crippen molar-refractivity contribution in [2.75, 3.05) is 106 Å². The molecule has 4 aromatic carbocycles. The first-order valence-electron chi connectivity index (χ1n) is 23.3. The fraction of sp³-hybridized carbons (Fsp3) is 0.364. The zero-order chi connectivity index (χ0) is 66.3. The summed E-state index contributed by atoms with van der Waals surface area (Å²) in [7, 11) is 0. The van der Waals surface area contributed by atoms with Crippen LogP contribution >= 0.6 is 78.3 Å². The molecule has 1 saturated heterocycles. The average Bonchev–Trinajstić information content (AvgIpc) is 2.91. The van der Waals surface area contributed by atoms with Gasteiger partial charge in [0.25, 0.3) is 57.8 Å². The number of anilines is 4. The number of alkyl halides is 6. The SMILES string of the molecule is Cc1cc([N+](=O)[O-])c(C(N)=O)cc1N(CCBr)CCBr.Cc1cc([N+](=O)[O-])c(C(N)=O)cc1N(CCCl)CCCl.NC(=O)c1cc(N(CCCl)CCCl)c([N+](=O)[O-])cc1[N+](=O)[O-].NC(=O)c1cc(N2CC2)c([N+](=O)[O-])cc1[N+](=O)[O-].O=S=O.O=S=O. The molecule has 0 unspecified atom stereocenters. The zero-order valence-corrected chi connectivity index (χ0v) is 52.4. The molecule has 42 heteroatoms. The molecule has 1 fully saturated rings. The van der Waals surface area contributed by atoms with Crippen LogP contribution in [0.2, 0.25) is 0 Å². The molecule has 4 aromatic rings. The summed E-state index contributed by atoms with van der Waals surface area (Å²) in [4.78, 5) is 113. The second-order valence-electron chi connectivity index (χ2n) is 16.2. The van der Waals surface area contributed by atoms with Crippen LogP contribution in [0.15, 0.2) is 48.5 Å². The predicted molar refractivity (Wildman–Crippen MR) is 326 cm³/mol. The maximum absolute atomic E-state index is 11.4. The number of aryl methyl sites for hydroxylation is 2. The predicted octanol–water partition coefficient (Wildman–Crippen LogP) is 5.85. The number of carbonyl (C=O) groups excluding carboxylic acids is 4. The first-order valence-corrected chi connectivity index (χ1v) is 29.0. The number of nitro benzene ring substituents is 6. The molecule has 4 amide bonds. The van der Waals surface area contributed by atoms with Gasteiger partial charge in [-0.05, 0) is 49.2 Å². The molecule has 0 radical (unpaired) electrons. The van der Waals surface area contributed by atoms with Gasteiger partial charge in [-0.3, -0.25) is 79.9 Å². The topological polar surface area (TPSA) is 512 Å². The Hall–Kier alpha value is -7.88. The van der Waals surface area contributed by atoms with E-state index in [1.54, 1.807) is 18.7 Å². The van der Waals surface area contributed by atoms with E-state index in [9.17, 15) is 79.9 Å². The lowest BCUT2D eigenvalue weighted by Gasteiger charge is -2.25. The van der Waals surface area contributed by atoms with E-state index in [0.29, 0.717) is 55.3 Å². The molecule has 0 saturated carbocycles. The molecule has 34 nitrogen and oxygen atoms in total. The number of rotatable bonds is 26. The first kappa shape index (κ1) is 78.1. The van der Waals surface area contributed by atoms with E-state index in [0.717, 1.165) is 53.2 Å². The summed E-state index contributed by atoms with van der Waals surface area (Å²) in [5.41, 5.74) is 19.9. The highest BCUT2D eigenvalue weighted by atomic mass is 79.9. The van der Waals surface area contributed by atoms with Gasteiger partial charge in [-0.1, -0.05) is 31.9 Å². The third kappa shape index (κ3) is 24.2. The highest BCUT2D eigenvalue weighted by Crippen LogP contribution is 2.38. The van der Waals surface area contributed by atoms with Crippen molar-refractivity contribution in [3.05, 3.63) is 143 Å². The van der Waals surface area contributed by atoms with Gasteiger partial charge < -0.3 is 42.5 Å². The maximum Gasteiger partial charge on any atom is 0.335 e. The standard InChI is InChI=1S/C12H15Br2N3O3.C12H15Cl2N3O3.C11H12Cl2N4O5.C9H8N4O5.2O2S/c2*1-8-6-11(17(19)20)9(12(15)18)7-10(8)16(4-2-13)5-3-14;12-1-3-15(4-2-13)9-5-7(11(14)18)8(16(19)20)6-10(9)17(21)22;10-9(14)5-3-7(11-1-2-11)8(13(17)18)4-6(5)12(15)16;2*1-3-2/h2*6-7H,2-5H2,1H3,(H2,15,18);5-6H,1-4H2,(H2,14,18);3-4H,1-2H2,(H2,10,14);;. The van der Waals surface area contributed by atoms with Crippen molar-refractivity contribution < 1.29 is 65.6 Å². The van der Waals surface area contributed by atoms with Gasteiger partial charge in [-0.15, -0.1) is 46.4 Å². The molecule has 0 aliphatic carbocycles. The van der Waals surface area contributed by atoms with E-state index in [1.165, 1.54) is 29.2 Å². The summed E-state index contributed by atoms with van der Waals surface area (Å²) in [5.74, 6) is -2.63. The van der Waals surface area contributed by atoms with E-state index >= 15 is 0 Å². The number of amides is 4. The minimum Gasteiger partial charge on any atom is -0.370 e. The monoisotopic (exact) mass is 1460 g/mol. The van der Waals surface area contributed by atoms with Crippen molar-refractivity contribution in [1.29, 1.82) is 0 Å². The molecule has 0 spiro atoms. The summed E-state index contributed by atoms with van der Waals surface area (Å²) in [6, 6.07) is 9.27. The number of hydrogen-bond acceptors (Lipinski definition) is 24. The lowest BCUT2D eigenvalue weighted by Crippen LogP contribution is -2.29. The Morgan fingerprint density at radius 3 is 0.942 bits per heavy atom. The Labute approximate surface area is 529 Å². The molecule has 470 valence electrons. The van der Waals surface area contributed by atoms with Crippen LogP contribution in [-0.2, 0) is 23.1 Å². The number of nitrogens with zero attached hydrogens (tertiary/aromatic N) is 10. The molecule has 1 aliphatic heterocycles. The fourth-order valence-corrected chi connectivity index (χ4v) is 9.00. The minimum absolute atomic E-state index is 0.00528. The van der Waals surface area contributed by atoms with E-state index in [2.05, 4.69) is 31.9 Å². The molecule has 86 heavy (non-hydrogen) atoms. The average molecular weight is 1460 g/mol. The summed E-state index contributed by atoms with van der Waals surface area (Å²) in [6.07, 6.45) is 0. The number of nitro groups is 6. The highest BCUT2D eigenvalue weighted by molar-refractivity contribution is 9.09. The van der Waals surface area contributed by atoms with Crippen LogP contribution in [0, 0.1) is 74.5 Å². The van der Waals surface area contributed by atoms with Gasteiger partial charge in [0, 0.05) is 110 Å².